The second-order valence-electron chi connectivity index (χ2n) is 5.11. The molecule has 0 bridgehead atoms. The molecule has 0 aromatic carbocycles. The minimum atomic E-state index is -0.380. The lowest BCUT2D eigenvalue weighted by Crippen LogP contribution is -2.27. The third kappa shape index (κ3) is 5.13. The molecule has 1 aromatic heterocycles. The van der Waals surface area contributed by atoms with Gasteiger partial charge >= 0.3 is 5.97 Å². The number of amides is 1. The Labute approximate surface area is 130 Å². The number of carbonyl (C=O) groups excluding carboxylic acids is 2. The van der Waals surface area contributed by atoms with Crippen LogP contribution in [0.3, 0.4) is 0 Å². The third-order valence-corrected chi connectivity index (χ3v) is 4.15. The number of ether oxygens (including phenoxy) is 1. The highest BCUT2D eigenvalue weighted by atomic mass is 32.1. The number of hydrogen-bond acceptors (Lipinski definition) is 5. The van der Waals surface area contributed by atoms with E-state index < -0.39 is 0 Å². The molecule has 6 heteroatoms. The molecule has 0 aliphatic carbocycles. The maximum atomic E-state index is 12.0. The van der Waals surface area contributed by atoms with Crippen molar-refractivity contribution < 1.29 is 14.3 Å². The normalized spacial score (nSPS) is 10.8. The van der Waals surface area contributed by atoms with E-state index in [0.29, 0.717) is 36.2 Å². The SMILES string of the molecule is CCOC(=O)c1c(NC(=O)CCNC(C)C)sc(C)c1C. The lowest BCUT2D eigenvalue weighted by atomic mass is 10.1. The van der Waals surface area contributed by atoms with Crippen LogP contribution in [0.1, 0.15) is 48.0 Å². The lowest BCUT2D eigenvalue weighted by Gasteiger charge is -2.09. The van der Waals surface area contributed by atoms with Crippen LogP contribution >= 0.6 is 11.3 Å². The maximum absolute atomic E-state index is 12.0. The fraction of sp³-hybridized carbons (Fsp3) is 0.600. The molecule has 0 unspecified atom stereocenters. The molecule has 0 aliphatic heterocycles. The number of nitrogens with one attached hydrogen (secondary N) is 2. The first-order valence-electron chi connectivity index (χ1n) is 7.17. The van der Waals surface area contributed by atoms with Gasteiger partial charge in [-0.3, -0.25) is 4.79 Å². The Bertz CT molecular complexity index is 509. The van der Waals surface area contributed by atoms with Crippen LogP contribution in [0.15, 0.2) is 0 Å². The summed E-state index contributed by atoms with van der Waals surface area (Å²) in [6, 6.07) is 0.346. The van der Waals surface area contributed by atoms with Gasteiger partial charge in [-0.15, -0.1) is 11.3 Å². The number of thiophene rings is 1. The van der Waals surface area contributed by atoms with E-state index in [-0.39, 0.29) is 11.9 Å². The Morgan fingerprint density at radius 1 is 1.29 bits per heavy atom. The van der Waals surface area contributed by atoms with E-state index in [0.717, 1.165) is 10.4 Å². The number of hydrogen-bond donors (Lipinski definition) is 2. The number of rotatable bonds is 7. The molecule has 1 amide bonds. The van der Waals surface area contributed by atoms with Crippen LogP contribution in [0.25, 0.3) is 0 Å². The van der Waals surface area contributed by atoms with Gasteiger partial charge in [0.25, 0.3) is 0 Å². The van der Waals surface area contributed by atoms with Crippen molar-refractivity contribution >= 4 is 28.2 Å². The van der Waals surface area contributed by atoms with Gasteiger partial charge in [-0.05, 0) is 26.3 Å². The molecule has 0 saturated carbocycles. The molecule has 1 heterocycles. The summed E-state index contributed by atoms with van der Waals surface area (Å²) in [6.07, 6.45) is 0.371. The molecular weight excluding hydrogens is 288 g/mol. The van der Waals surface area contributed by atoms with Crippen LogP contribution < -0.4 is 10.6 Å². The Morgan fingerprint density at radius 3 is 2.52 bits per heavy atom. The summed E-state index contributed by atoms with van der Waals surface area (Å²) >= 11 is 1.41. The molecule has 0 fully saturated rings. The van der Waals surface area contributed by atoms with Crippen LogP contribution in [-0.4, -0.2) is 31.1 Å². The molecular formula is C15H24N2O3S. The van der Waals surface area contributed by atoms with Crippen molar-refractivity contribution in [3.8, 4) is 0 Å². The summed E-state index contributed by atoms with van der Waals surface area (Å²) in [5.41, 5.74) is 1.35. The standard InChI is InChI=1S/C15H24N2O3S/c1-6-20-15(19)13-10(4)11(5)21-14(13)17-12(18)7-8-16-9(2)3/h9,16H,6-8H2,1-5H3,(H,17,18). The van der Waals surface area contributed by atoms with E-state index in [1.807, 2.05) is 27.7 Å². The lowest BCUT2D eigenvalue weighted by molar-refractivity contribution is -0.116. The fourth-order valence-electron chi connectivity index (χ4n) is 1.83. The van der Waals surface area contributed by atoms with Gasteiger partial charge in [-0.25, -0.2) is 4.79 Å². The highest BCUT2D eigenvalue weighted by molar-refractivity contribution is 7.16. The van der Waals surface area contributed by atoms with E-state index in [2.05, 4.69) is 10.6 Å². The smallest absolute Gasteiger partial charge is 0.341 e. The predicted octanol–water partition coefficient (Wildman–Crippen LogP) is 2.87. The Balaban J connectivity index is 2.76. The Morgan fingerprint density at radius 2 is 1.95 bits per heavy atom. The second-order valence-corrected chi connectivity index (χ2v) is 6.34. The molecule has 0 saturated heterocycles. The summed E-state index contributed by atoms with van der Waals surface area (Å²) < 4.78 is 5.06. The third-order valence-electron chi connectivity index (χ3n) is 3.02. The maximum Gasteiger partial charge on any atom is 0.341 e. The van der Waals surface area contributed by atoms with Gasteiger partial charge in [0.1, 0.15) is 5.00 Å². The monoisotopic (exact) mass is 312 g/mol. The van der Waals surface area contributed by atoms with Crippen molar-refractivity contribution in [3.05, 3.63) is 16.0 Å². The van der Waals surface area contributed by atoms with E-state index in [1.54, 1.807) is 6.92 Å². The molecule has 5 nitrogen and oxygen atoms in total. The molecule has 1 aromatic rings. The number of carbonyl (C=O) groups is 2. The van der Waals surface area contributed by atoms with Crippen LogP contribution in [0.5, 0.6) is 0 Å². The molecule has 0 aliphatic rings. The molecule has 21 heavy (non-hydrogen) atoms. The van der Waals surface area contributed by atoms with Crippen molar-refractivity contribution in [1.82, 2.24) is 5.32 Å². The largest absolute Gasteiger partial charge is 0.462 e. The summed E-state index contributed by atoms with van der Waals surface area (Å²) in [6.45, 7) is 10.6. The molecule has 118 valence electrons. The minimum absolute atomic E-state index is 0.102. The quantitative estimate of drug-likeness (QED) is 0.760. The van der Waals surface area contributed by atoms with Crippen molar-refractivity contribution in [2.75, 3.05) is 18.5 Å². The Hall–Kier alpha value is -1.40. The molecule has 0 spiro atoms. The van der Waals surface area contributed by atoms with Gasteiger partial charge in [0.05, 0.1) is 12.2 Å². The van der Waals surface area contributed by atoms with Crippen LogP contribution in [0, 0.1) is 13.8 Å². The topological polar surface area (TPSA) is 67.4 Å². The molecule has 2 N–H and O–H groups in total. The van der Waals surface area contributed by atoms with Gasteiger partial charge in [-0.1, -0.05) is 13.8 Å². The number of aryl methyl sites for hydroxylation is 1. The predicted molar refractivity (Wildman–Crippen MR) is 86.1 cm³/mol. The summed E-state index contributed by atoms with van der Waals surface area (Å²) in [5, 5.41) is 6.59. The first-order chi connectivity index (χ1) is 9.86. The second kappa shape index (κ2) is 8.14. The zero-order valence-corrected chi connectivity index (χ0v) is 14.1. The van der Waals surface area contributed by atoms with Gasteiger partial charge < -0.3 is 15.4 Å². The van der Waals surface area contributed by atoms with Gasteiger partial charge in [0, 0.05) is 23.9 Å². The number of anilines is 1. The van der Waals surface area contributed by atoms with E-state index >= 15 is 0 Å². The molecule has 1 rings (SSSR count). The zero-order valence-electron chi connectivity index (χ0n) is 13.3. The van der Waals surface area contributed by atoms with Crippen molar-refractivity contribution in [2.45, 2.75) is 47.1 Å². The van der Waals surface area contributed by atoms with Crippen LogP contribution in [0.2, 0.25) is 0 Å². The first kappa shape index (κ1) is 17.7. The minimum Gasteiger partial charge on any atom is -0.462 e. The average Bonchev–Trinajstić information content (AvgIpc) is 2.64. The van der Waals surface area contributed by atoms with E-state index in [9.17, 15) is 9.59 Å². The average molecular weight is 312 g/mol. The van der Waals surface area contributed by atoms with Crippen molar-refractivity contribution in [3.63, 3.8) is 0 Å². The van der Waals surface area contributed by atoms with Gasteiger partial charge in [0.2, 0.25) is 5.91 Å². The zero-order chi connectivity index (χ0) is 16.0. The van der Waals surface area contributed by atoms with Crippen LogP contribution in [-0.2, 0) is 9.53 Å². The fourth-order valence-corrected chi connectivity index (χ4v) is 2.89. The van der Waals surface area contributed by atoms with Crippen molar-refractivity contribution in [1.29, 1.82) is 0 Å². The summed E-state index contributed by atoms with van der Waals surface area (Å²) in [4.78, 5) is 25.0. The van der Waals surface area contributed by atoms with E-state index in [4.69, 9.17) is 4.74 Å². The molecule has 0 radical (unpaired) electrons. The number of esters is 1. The molecule has 0 atom stereocenters. The summed E-state index contributed by atoms with van der Waals surface area (Å²) in [5.74, 6) is -0.482. The van der Waals surface area contributed by atoms with Gasteiger partial charge in [-0.2, -0.15) is 0 Å². The Kier molecular flexibility index (Phi) is 6.84. The van der Waals surface area contributed by atoms with Crippen LogP contribution in [0.4, 0.5) is 5.00 Å². The van der Waals surface area contributed by atoms with E-state index in [1.165, 1.54) is 11.3 Å². The van der Waals surface area contributed by atoms with Crippen molar-refractivity contribution in [2.24, 2.45) is 0 Å². The highest BCUT2D eigenvalue weighted by Crippen LogP contribution is 2.33. The summed E-state index contributed by atoms with van der Waals surface area (Å²) in [7, 11) is 0. The first-order valence-corrected chi connectivity index (χ1v) is 7.98. The highest BCUT2D eigenvalue weighted by Gasteiger charge is 2.21. The van der Waals surface area contributed by atoms with Gasteiger partial charge in [0.15, 0.2) is 0 Å².